The van der Waals surface area contributed by atoms with Crippen LogP contribution in [0.25, 0.3) is 0 Å². The lowest BCUT2D eigenvalue weighted by atomic mass is 10.1. The molecule has 0 heterocycles. The highest BCUT2D eigenvalue weighted by Gasteiger charge is 2.23. The standard InChI is InChI=1S/C15H16F3NO4/c1-3-8(4-2)19(7-10(14(20)21)15(22)23)9-5-11(16)13(18)12(17)6-9/h5-8H,3-4H2,1-2H3,(H,20,21)(H,22,23). The summed E-state index contributed by atoms with van der Waals surface area (Å²) in [5.74, 6) is -7.94. The lowest BCUT2D eigenvalue weighted by Gasteiger charge is -2.29. The summed E-state index contributed by atoms with van der Waals surface area (Å²) in [6, 6.07) is 0.955. The molecule has 0 fully saturated rings. The zero-order valence-corrected chi connectivity index (χ0v) is 12.5. The van der Waals surface area contributed by atoms with Crippen molar-refractivity contribution in [2.45, 2.75) is 32.7 Å². The number of halogens is 3. The number of carboxylic acid groups (broad SMARTS) is 2. The lowest BCUT2D eigenvalue weighted by Crippen LogP contribution is -2.32. The van der Waals surface area contributed by atoms with E-state index in [1.165, 1.54) is 0 Å². The van der Waals surface area contributed by atoms with Crippen LogP contribution in [-0.2, 0) is 9.59 Å². The largest absolute Gasteiger partial charge is 0.477 e. The molecule has 1 rings (SSSR count). The number of aliphatic carboxylic acids is 2. The van der Waals surface area contributed by atoms with E-state index >= 15 is 0 Å². The van der Waals surface area contributed by atoms with Crippen molar-refractivity contribution in [2.24, 2.45) is 0 Å². The fourth-order valence-corrected chi connectivity index (χ4v) is 2.11. The molecule has 0 aliphatic heterocycles. The van der Waals surface area contributed by atoms with Gasteiger partial charge in [0.15, 0.2) is 23.0 Å². The number of nitrogens with zero attached hydrogens (tertiary/aromatic N) is 1. The summed E-state index contributed by atoms with van der Waals surface area (Å²) in [5.41, 5.74) is -1.14. The zero-order valence-electron chi connectivity index (χ0n) is 12.5. The zero-order chi connectivity index (χ0) is 17.7. The monoisotopic (exact) mass is 331 g/mol. The van der Waals surface area contributed by atoms with Crippen molar-refractivity contribution in [2.75, 3.05) is 4.90 Å². The molecule has 0 bridgehead atoms. The molecule has 23 heavy (non-hydrogen) atoms. The Morgan fingerprint density at radius 2 is 1.52 bits per heavy atom. The van der Waals surface area contributed by atoms with Crippen molar-refractivity contribution in [3.05, 3.63) is 41.4 Å². The first-order valence-corrected chi connectivity index (χ1v) is 6.84. The van der Waals surface area contributed by atoms with Gasteiger partial charge in [-0.15, -0.1) is 0 Å². The van der Waals surface area contributed by atoms with Gasteiger partial charge in [0.2, 0.25) is 0 Å². The topological polar surface area (TPSA) is 77.8 Å². The van der Waals surface area contributed by atoms with Crippen molar-refractivity contribution >= 4 is 17.6 Å². The summed E-state index contributed by atoms with van der Waals surface area (Å²) in [6.07, 6.45) is 1.68. The van der Waals surface area contributed by atoms with E-state index in [1.54, 1.807) is 13.8 Å². The summed E-state index contributed by atoms with van der Waals surface area (Å²) in [4.78, 5) is 23.2. The maximum absolute atomic E-state index is 13.4. The van der Waals surface area contributed by atoms with Gasteiger partial charge in [-0.25, -0.2) is 22.8 Å². The number of carbonyl (C=O) groups is 2. The quantitative estimate of drug-likeness (QED) is 0.347. The maximum Gasteiger partial charge on any atom is 0.344 e. The van der Waals surface area contributed by atoms with Gasteiger partial charge in [-0.1, -0.05) is 13.8 Å². The number of carboxylic acids is 2. The van der Waals surface area contributed by atoms with Gasteiger partial charge in [0, 0.05) is 30.1 Å². The van der Waals surface area contributed by atoms with E-state index in [0.717, 1.165) is 11.1 Å². The van der Waals surface area contributed by atoms with Gasteiger partial charge < -0.3 is 15.1 Å². The number of hydrogen-bond donors (Lipinski definition) is 2. The summed E-state index contributed by atoms with van der Waals surface area (Å²) < 4.78 is 39.9. The molecule has 0 spiro atoms. The molecule has 0 unspecified atom stereocenters. The molecule has 126 valence electrons. The Kier molecular flexibility index (Phi) is 6.18. The van der Waals surface area contributed by atoms with Crippen LogP contribution in [-0.4, -0.2) is 28.2 Å². The van der Waals surface area contributed by atoms with E-state index in [4.69, 9.17) is 10.2 Å². The normalized spacial score (nSPS) is 10.5. The second-order valence-electron chi connectivity index (χ2n) is 4.75. The van der Waals surface area contributed by atoms with Gasteiger partial charge in [0.05, 0.1) is 0 Å². The van der Waals surface area contributed by atoms with Crippen LogP contribution < -0.4 is 4.90 Å². The molecule has 0 aromatic heterocycles. The van der Waals surface area contributed by atoms with Crippen LogP contribution in [0.15, 0.2) is 23.9 Å². The highest BCUT2D eigenvalue weighted by atomic mass is 19.2. The highest BCUT2D eigenvalue weighted by Crippen LogP contribution is 2.26. The summed E-state index contributed by atoms with van der Waals surface area (Å²) in [5, 5.41) is 17.9. The van der Waals surface area contributed by atoms with Crippen LogP contribution in [0.4, 0.5) is 18.9 Å². The number of hydrogen-bond acceptors (Lipinski definition) is 3. The molecule has 1 aromatic carbocycles. The number of benzene rings is 1. The molecule has 2 N–H and O–H groups in total. The molecule has 0 saturated carbocycles. The summed E-state index contributed by atoms with van der Waals surface area (Å²) >= 11 is 0. The van der Waals surface area contributed by atoms with Gasteiger partial charge >= 0.3 is 11.9 Å². The molecule has 1 aromatic rings. The van der Waals surface area contributed by atoms with Crippen molar-refractivity contribution < 1.29 is 33.0 Å². The Bertz CT molecular complexity index is 603. The molecule has 0 amide bonds. The minimum absolute atomic E-state index is 0.171. The second kappa shape index (κ2) is 7.66. The van der Waals surface area contributed by atoms with E-state index in [2.05, 4.69) is 0 Å². The first-order valence-electron chi connectivity index (χ1n) is 6.84. The van der Waals surface area contributed by atoms with Crippen LogP contribution >= 0.6 is 0 Å². The van der Waals surface area contributed by atoms with Crippen LogP contribution in [0.2, 0.25) is 0 Å². The minimum atomic E-state index is -1.70. The predicted molar refractivity (Wildman–Crippen MR) is 76.5 cm³/mol. The molecule has 0 aliphatic carbocycles. The fraction of sp³-hybridized carbons (Fsp3) is 0.333. The first-order chi connectivity index (χ1) is 10.7. The fourth-order valence-electron chi connectivity index (χ4n) is 2.11. The highest BCUT2D eigenvalue weighted by molar-refractivity contribution is 6.12. The van der Waals surface area contributed by atoms with E-state index in [0.29, 0.717) is 25.0 Å². The second-order valence-corrected chi connectivity index (χ2v) is 4.75. The third-order valence-electron chi connectivity index (χ3n) is 3.33. The average molecular weight is 331 g/mol. The Labute approximate surface area is 130 Å². The molecule has 0 saturated heterocycles. The van der Waals surface area contributed by atoms with Gasteiger partial charge in [-0.3, -0.25) is 0 Å². The Morgan fingerprint density at radius 3 is 1.87 bits per heavy atom. The Balaban J connectivity index is 3.51. The van der Waals surface area contributed by atoms with Crippen molar-refractivity contribution in [1.29, 1.82) is 0 Å². The molecular formula is C15H16F3NO4. The van der Waals surface area contributed by atoms with Gasteiger partial charge in [-0.2, -0.15) is 0 Å². The molecule has 0 atom stereocenters. The van der Waals surface area contributed by atoms with Crippen LogP contribution in [0.3, 0.4) is 0 Å². The van der Waals surface area contributed by atoms with E-state index < -0.39 is 41.0 Å². The lowest BCUT2D eigenvalue weighted by molar-refractivity contribution is -0.140. The van der Waals surface area contributed by atoms with Gasteiger partial charge in [-0.05, 0) is 12.8 Å². The minimum Gasteiger partial charge on any atom is -0.477 e. The van der Waals surface area contributed by atoms with Crippen molar-refractivity contribution in [3.8, 4) is 0 Å². The van der Waals surface area contributed by atoms with Crippen LogP contribution in [0, 0.1) is 17.5 Å². The molecule has 5 nitrogen and oxygen atoms in total. The van der Waals surface area contributed by atoms with Gasteiger partial charge in [0.25, 0.3) is 0 Å². The SMILES string of the molecule is CCC(CC)N(C=C(C(=O)O)C(=O)O)c1cc(F)c(F)c(F)c1. The van der Waals surface area contributed by atoms with Crippen molar-refractivity contribution in [3.63, 3.8) is 0 Å². The van der Waals surface area contributed by atoms with Crippen LogP contribution in [0.5, 0.6) is 0 Å². The number of rotatable bonds is 7. The molecular weight excluding hydrogens is 315 g/mol. The number of anilines is 1. The Morgan fingerprint density at radius 1 is 1.09 bits per heavy atom. The third kappa shape index (κ3) is 4.24. The van der Waals surface area contributed by atoms with E-state index in [1.807, 2.05) is 0 Å². The average Bonchev–Trinajstić information content (AvgIpc) is 2.47. The predicted octanol–water partition coefficient (Wildman–Crippen LogP) is 3.15. The molecule has 0 aliphatic rings. The van der Waals surface area contributed by atoms with Gasteiger partial charge in [0.1, 0.15) is 0 Å². The summed E-state index contributed by atoms with van der Waals surface area (Å²) in [7, 11) is 0. The first kappa shape index (κ1) is 18.5. The summed E-state index contributed by atoms with van der Waals surface area (Å²) in [6.45, 7) is 3.49. The molecule has 0 radical (unpaired) electrons. The van der Waals surface area contributed by atoms with Crippen LogP contribution in [0.1, 0.15) is 26.7 Å². The smallest absolute Gasteiger partial charge is 0.344 e. The molecule has 8 heteroatoms. The Hall–Kier alpha value is -2.51. The maximum atomic E-state index is 13.4. The third-order valence-corrected chi connectivity index (χ3v) is 3.33. The van der Waals surface area contributed by atoms with E-state index in [-0.39, 0.29) is 5.69 Å². The van der Waals surface area contributed by atoms with Crippen molar-refractivity contribution in [1.82, 2.24) is 0 Å². The van der Waals surface area contributed by atoms with E-state index in [9.17, 15) is 22.8 Å².